The van der Waals surface area contributed by atoms with Gasteiger partial charge in [0.05, 0.1) is 6.61 Å². The van der Waals surface area contributed by atoms with Crippen LogP contribution >= 0.6 is 0 Å². The van der Waals surface area contributed by atoms with Crippen molar-refractivity contribution in [3.8, 4) is 5.75 Å². The Kier molecular flexibility index (Phi) is 5.79. The molecular weight excluding hydrogens is 304 g/mol. The zero-order valence-electron chi connectivity index (χ0n) is 14.6. The van der Waals surface area contributed by atoms with Gasteiger partial charge in [-0.3, -0.25) is 9.59 Å². The lowest BCUT2D eigenvalue weighted by Crippen LogP contribution is -2.32. The second kappa shape index (κ2) is 7.81. The Morgan fingerprint density at radius 1 is 1.29 bits per heavy atom. The highest BCUT2D eigenvalue weighted by Gasteiger charge is 2.18. The van der Waals surface area contributed by atoms with E-state index in [1.165, 1.54) is 4.57 Å². The summed E-state index contributed by atoms with van der Waals surface area (Å²) < 4.78 is 6.84. The molecule has 0 aliphatic rings. The van der Waals surface area contributed by atoms with E-state index in [4.69, 9.17) is 4.74 Å². The molecule has 0 spiro atoms. The van der Waals surface area contributed by atoms with Gasteiger partial charge in [0.25, 0.3) is 5.56 Å². The number of amides is 1. The number of hydrogen-bond donors (Lipinski definition) is 1. The molecule has 128 valence electrons. The van der Waals surface area contributed by atoms with Crippen molar-refractivity contribution in [2.45, 2.75) is 40.2 Å². The van der Waals surface area contributed by atoms with Crippen molar-refractivity contribution in [2.24, 2.45) is 0 Å². The van der Waals surface area contributed by atoms with Gasteiger partial charge in [-0.05, 0) is 56.5 Å². The molecule has 1 unspecified atom stereocenters. The van der Waals surface area contributed by atoms with Crippen LogP contribution in [0.2, 0.25) is 0 Å². The number of rotatable bonds is 6. The number of pyridine rings is 1. The van der Waals surface area contributed by atoms with Crippen LogP contribution in [0, 0.1) is 13.8 Å². The third-order valence-electron chi connectivity index (χ3n) is 3.85. The first-order valence-corrected chi connectivity index (χ1v) is 8.16. The number of nitrogens with zero attached hydrogens (tertiary/aromatic N) is 1. The van der Waals surface area contributed by atoms with Crippen molar-refractivity contribution in [3.63, 3.8) is 0 Å². The first-order valence-electron chi connectivity index (χ1n) is 8.16. The SMILES string of the molecule is CCCOc1cccn(C(C)C(=O)Nc2cc(C)ccc2C)c1=O. The zero-order valence-corrected chi connectivity index (χ0v) is 14.6. The van der Waals surface area contributed by atoms with Gasteiger partial charge in [-0.15, -0.1) is 0 Å². The molecule has 0 fully saturated rings. The number of ether oxygens (including phenoxy) is 1. The Hall–Kier alpha value is -2.56. The van der Waals surface area contributed by atoms with E-state index in [-0.39, 0.29) is 17.2 Å². The largest absolute Gasteiger partial charge is 0.488 e. The molecule has 0 radical (unpaired) electrons. The lowest BCUT2D eigenvalue weighted by atomic mass is 10.1. The first-order chi connectivity index (χ1) is 11.4. The minimum absolute atomic E-state index is 0.238. The van der Waals surface area contributed by atoms with E-state index >= 15 is 0 Å². The molecule has 0 bridgehead atoms. The van der Waals surface area contributed by atoms with Gasteiger partial charge in [0, 0.05) is 11.9 Å². The lowest BCUT2D eigenvalue weighted by Gasteiger charge is -2.17. The fourth-order valence-electron chi connectivity index (χ4n) is 2.35. The summed E-state index contributed by atoms with van der Waals surface area (Å²) >= 11 is 0. The van der Waals surface area contributed by atoms with E-state index in [1.54, 1.807) is 25.3 Å². The van der Waals surface area contributed by atoms with Gasteiger partial charge < -0.3 is 14.6 Å². The first kappa shape index (κ1) is 17.8. The van der Waals surface area contributed by atoms with Crippen molar-refractivity contribution >= 4 is 11.6 Å². The van der Waals surface area contributed by atoms with Crippen LogP contribution in [0.3, 0.4) is 0 Å². The summed E-state index contributed by atoms with van der Waals surface area (Å²) in [6.45, 7) is 8.05. The number of carbonyl (C=O) groups is 1. The Balaban J connectivity index is 2.22. The predicted octanol–water partition coefficient (Wildman–Crippen LogP) is 3.45. The van der Waals surface area contributed by atoms with Crippen molar-refractivity contribution < 1.29 is 9.53 Å². The van der Waals surface area contributed by atoms with Crippen LogP contribution in [0.15, 0.2) is 41.3 Å². The second-order valence-corrected chi connectivity index (χ2v) is 5.92. The number of benzene rings is 1. The number of aryl methyl sites for hydroxylation is 2. The number of carbonyl (C=O) groups excluding carboxylic acids is 1. The standard InChI is InChI=1S/C19H24N2O3/c1-5-11-24-17-7-6-10-21(19(17)23)15(4)18(22)20-16-12-13(2)8-9-14(16)3/h6-10,12,15H,5,11H2,1-4H3,(H,20,22). The zero-order chi connectivity index (χ0) is 17.7. The maximum absolute atomic E-state index is 12.5. The van der Waals surface area contributed by atoms with E-state index in [0.29, 0.717) is 6.61 Å². The molecular formula is C19H24N2O3. The average Bonchev–Trinajstić information content (AvgIpc) is 2.56. The Bertz CT molecular complexity index is 780. The molecule has 2 rings (SSSR count). The number of anilines is 1. The Morgan fingerprint density at radius 3 is 2.75 bits per heavy atom. The molecule has 1 aromatic carbocycles. The van der Waals surface area contributed by atoms with Crippen LogP contribution in [0.1, 0.15) is 37.4 Å². The van der Waals surface area contributed by atoms with Gasteiger partial charge in [0.2, 0.25) is 5.91 Å². The quantitative estimate of drug-likeness (QED) is 0.883. The summed E-state index contributed by atoms with van der Waals surface area (Å²) in [7, 11) is 0. The summed E-state index contributed by atoms with van der Waals surface area (Å²) in [5.74, 6) is 0.0316. The summed E-state index contributed by atoms with van der Waals surface area (Å²) in [6.07, 6.45) is 2.42. The van der Waals surface area contributed by atoms with Gasteiger partial charge in [-0.25, -0.2) is 0 Å². The smallest absolute Gasteiger partial charge is 0.293 e. The third kappa shape index (κ3) is 4.04. The molecule has 0 saturated heterocycles. The molecule has 0 saturated carbocycles. The summed E-state index contributed by atoms with van der Waals surface area (Å²) in [4.78, 5) is 25.0. The van der Waals surface area contributed by atoms with Crippen LogP contribution in [-0.2, 0) is 4.79 Å². The van der Waals surface area contributed by atoms with E-state index in [9.17, 15) is 9.59 Å². The average molecular weight is 328 g/mol. The monoisotopic (exact) mass is 328 g/mol. The molecule has 5 heteroatoms. The van der Waals surface area contributed by atoms with Gasteiger partial charge in [-0.2, -0.15) is 0 Å². The molecule has 2 aromatic rings. The van der Waals surface area contributed by atoms with Crippen LogP contribution in [0.4, 0.5) is 5.69 Å². The van der Waals surface area contributed by atoms with Crippen LogP contribution in [-0.4, -0.2) is 17.1 Å². The molecule has 1 heterocycles. The molecule has 24 heavy (non-hydrogen) atoms. The molecule has 5 nitrogen and oxygen atoms in total. The molecule has 0 aliphatic heterocycles. The van der Waals surface area contributed by atoms with E-state index in [1.807, 2.05) is 39.0 Å². The second-order valence-electron chi connectivity index (χ2n) is 5.92. The Labute approximate surface area is 142 Å². The van der Waals surface area contributed by atoms with Gasteiger partial charge in [0.15, 0.2) is 5.75 Å². The summed E-state index contributed by atoms with van der Waals surface area (Å²) in [5.41, 5.74) is 2.51. The minimum Gasteiger partial charge on any atom is -0.488 e. The minimum atomic E-state index is -0.636. The summed E-state index contributed by atoms with van der Waals surface area (Å²) in [5, 5.41) is 2.90. The van der Waals surface area contributed by atoms with Crippen molar-refractivity contribution in [3.05, 3.63) is 58.0 Å². The summed E-state index contributed by atoms with van der Waals surface area (Å²) in [6, 6.07) is 8.58. The number of aromatic nitrogens is 1. The van der Waals surface area contributed by atoms with Crippen LogP contribution in [0.25, 0.3) is 0 Å². The van der Waals surface area contributed by atoms with Crippen molar-refractivity contribution in [1.82, 2.24) is 4.57 Å². The van der Waals surface area contributed by atoms with Gasteiger partial charge in [0.1, 0.15) is 6.04 Å². The van der Waals surface area contributed by atoms with Gasteiger partial charge >= 0.3 is 0 Å². The molecule has 1 atom stereocenters. The highest BCUT2D eigenvalue weighted by atomic mass is 16.5. The number of hydrogen-bond acceptors (Lipinski definition) is 3. The molecule has 1 N–H and O–H groups in total. The molecule has 0 aliphatic carbocycles. The van der Waals surface area contributed by atoms with Crippen molar-refractivity contribution in [2.75, 3.05) is 11.9 Å². The van der Waals surface area contributed by atoms with Gasteiger partial charge in [-0.1, -0.05) is 19.1 Å². The predicted molar refractivity (Wildman–Crippen MR) is 95.7 cm³/mol. The van der Waals surface area contributed by atoms with E-state index in [2.05, 4.69) is 5.32 Å². The maximum atomic E-state index is 12.5. The highest BCUT2D eigenvalue weighted by Crippen LogP contribution is 2.18. The third-order valence-corrected chi connectivity index (χ3v) is 3.85. The fraction of sp³-hybridized carbons (Fsp3) is 0.368. The maximum Gasteiger partial charge on any atom is 0.293 e. The highest BCUT2D eigenvalue weighted by molar-refractivity contribution is 5.94. The normalized spacial score (nSPS) is 11.8. The fourth-order valence-corrected chi connectivity index (χ4v) is 2.35. The van der Waals surface area contributed by atoms with E-state index < -0.39 is 6.04 Å². The Morgan fingerprint density at radius 2 is 2.04 bits per heavy atom. The van der Waals surface area contributed by atoms with Crippen LogP contribution in [0.5, 0.6) is 5.75 Å². The van der Waals surface area contributed by atoms with Crippen molar-refractivity contribution in [1.29, 1.82) is 0 Å². The van der Waals surface area contributed by atoms with E-state index in [0.717, 1.165) is 23.2 Å². The topological polar surface area (TPSA) is 60.3 Å². The number of nitrogens with one attached hydrogen (secondary N) is 1. The van der Waals surface area contributed by atoms with Crippen LogP contribution < -0.4 is 15.6 Å². The molecule has 1 amide bonds. The molecule has 1 aromatic heterocycles. The lowest BCUT2D eigenvalue weighted by molar-refractivity contribution is -0.118.